The van der Waals surface area contributed by atoms with Crippen molar-refractivity contribution < 1.29 is 19.1 Å². The average molecular weight is 481 g/mol. The van der Waals surface area contributed by atoms with Gasteiger partial charge in [-0.25, -0.2) is 0 Å². The van der Waals surface area contributed by atoms with Crippen LogP contribution in [0.25, 0.3) is 0 Å². The quantitative estimate of drug-likeness (QED) is 0.445. The predicted molar refractivity (Wildman–Crippen MR) is 127 cm³/mol. The number of benzene rings is 1. The summed E-state index contributed by atoms with van der Waals surface area (Å²) in [5.74, 6) is -1.81. The minimum absolute atomic E-state index is 0.0173. The maximum atomic E-state index is 13.8. The number of rotatable bonds is 8. The fraction of sp³-hybridized carbons (Fsp3) is 0.261. The average Bonchev–Trinajstić information content (AvgIpc) is 3.51. The molecule has 3 heterocycles. The smallest absolute Gasteiger partial charge is 0.273 e. The summed E-state index contributed by atoms with van der Waals surface area (Å²) >= 11 is 0.763. The van der Waals surface area contributed by atoms with Crippen molar-refractivity contribution >= 4 is 40.6 Å². The molecule has 5 N–H and O–H groups in total. The molecule has 1 aliphatic rings. The van der Waals surface area contributed by atoms with Crippen LogP contribution in [0.5, 0.6) is 0 Å². The summed E-state index contributed by atoms with van der Waals surface area (Å²) in [5, 5.41) is 2.92. The van der Waals surface area contributed by atoms with Crippen molar-refractivity contribution in [2.45, 2.75) is 25.0 Å². The first-order valence-corrected chi connectivity index (χ1v) is 11.5. The van der Waals surface area contributed by atoms with Crippen LogP contribution in [-0.4, -0.2) is 46.3 Å². The Labute approximate surface area is 200 Å². The van der Waals surface area contributed by atoms with E-state index in [9.17, 15) is 14.4 Å². The SMILES string of the molecule is NC(=O)c1nsc(C(=O)N(c2ccccc2)[C@@H](C(=O)NC[C@H]2CCCO2)c2ccncc2)c1N. The van der Waals surface area contributed by atoms with Gasteiger partial charge in [-0.2, -0.15) is 4.37 Å². The molecule has 1 aliphatic heterocycles. The summed E-state index contributed by atoms with van der Waals surface area (Å²) in [5.41, 5.74) is 12.1. The van der Waals surface area contributed by atoms with Crippen LogP contribution < -0.4 is 21.7 Å². The van der Waals surface area contributed by atoms with E-state index in [0.29, 0.717) is 24.4 Å². The molecule has 1 saturated heterocycles. The Morgan fingerprint density at radius 3 is 2.53 bits per heavy atom. The third-order valence-corrected chi connectivity index (χ3v) is 6.32. The number of nitrogens with zero attached hydrogens (tertiary/aromatic N) is 3. The van der Waals surface area contributed by atoms with Gasteiger partial charge in [-0.05, 0) is 54.2 Å². The molecule has 10 nitrogen and oxygen atoms in total. The highest BCUT2D eigenvalue weighted by Crippen LogP contribution is 2.32. The lowest BCUT2D eigenvalue weighted by molar-refractivity contribution is -0.123. The van der Waals surface area contributed by atoms with Gasteiger partial charge < -0.3 is 21.5 Å². The van der Waals surface area contributed by atoms with Gasteiger partial charge in [-0.15, -0.1) is 0 Å². The molecule has 0 aliphatic carbocycles. The first-order valence-electron chi connectivity index (χ1n) is 10.7. The molecule has 0 saturated carbocycles. The molecule has 34 heavy (non-hydrogen) atoms. The number of ether oxygens (including phenoxy) is 1. The summed E-state index contributed by atoms with van der Waals surface area (Å²) in [6.07, 6.45) is 4.83. The summed E-state index contributed by atoms with van der Waals surface area (Å²) in [7, 11) is 0. The second kappa shape index (κ2) is 10.4. The molecule has 0 spiro atoms. The van der Waals surface area contributed by atoms with Gasteiger partial charge in [-0.3, -0.25) is 24.3 Å². The number of para-hydroxylation sites is 1. The van der Waals surface area contributed by atoms with Gasteiger partial charge in [0, 0.05) is 31.2 Å². The lowest BCUT2D eigenvalue weighted by Crippen LogP contribution is -2.45. The zero-order valence-corrected chi connectivity index (χ0v) is 19.0. The number of carbonyl (C=O) groups is 3. The minimum Gasteiger partial charge on any atom is -0.395 e. The first kappa shape index (κ1) is 23.3. The van der Waals surface area contributed by atoms with E-state index in [1.807, 2.05) is 0 Å². The Hall–Kier alpha value is -3.83. The fourth-order valence-corrected chi connectivity index (χ4v) is 4.53. The number of anilines is 2. The maximum Gasteiger partial charge on any atom is 0.273 e. The van der Waals surface area contributed by atoms with E-state index in [1.54, 1.807) is 54.9 Å². The molecule has 11 heteroatoms. The predicted octanol–water partition coefficient (Wildman–Crippen LogP) is 1.90. The molecule has 4 rings (SSSR count). The van der Waals surface area contributed by atoms with E-state index < -0.39 is 23.8 Å². The van der Waals surface area contributed by atoms with Crippen molar-refractivity contribution in [2.24, 2.45) is 5.73 Å². The molecule has 0 unspecified atom stereocenters. The number of nitrogens with two attached hydrogens (primary N) is 2. The number of amides is 3. The Morgan fingerprint density at radius 2 is 1.91 bits per heavy atom. The van der Waals surface area contributed by atoms with Gasteiger partial charge in [-0.1, -0.05) is 18.2 Å². The number of aromatic nitrogens is 2. The van der Waals surface area contributed by atoms with Crippen LogP contribution in [0.4, 0.5) is 11.4 Å². The number of pyridine rings is 1. The lowest BCUT2D eigenvalue weighted by Gasteiger charge is -2.31. The minimum atomic E-state index is -1.04. The van der Waals surface area contributed by atoms with Crippen molar-refractivity contribution in [1.82, 2.24) is 14.7 Å². The van der Waals surface area contributed by atoms with Crippen molar-refractivity contribution in [3.63, 3.8) is 0 Å². The monoisotopic (exact) mass is 480 g/mol. The second-order valence-electron chi connectivity index (χ2n) is 7.71. The highest BCUT2D eigenvalue weighted by molar-refractivity contribution is 7.09. The number of nitrogens with one attached hydrogen (secondary N) is 1. The Kier molecular flexibility index (Phi) is 7.14. The van der Waals surface area contributed by atoms with Gasteiger partial charge in [0.2, 0.25) is 5.91 Å². The fourth-order valence-electron chi connectivity index (χ4n) is 3.79. The van der Waals surface area contributed by atoms with Gasteiger partial charge >= 0.3 is 0 Å². The zero-order chi connectivity index (χ0) is 24.1. The Morgan fingerprint density at radius 1 is 1.18 bits per heavy atom. The van der Waals surface area contributed by atoms with E-state index in [1.165, 1.54) is 4.90 Å². The molecule has 1 aromatic carbocycles. The second-order valence-corrected chi connectivity index (χ2v) is 8.49. The van der Waals surface area contributed by atoms with Crippen molar-refractivity contribution in [2.75, 3.05) is 23.8 Å². The van der Waals surface area contributed by atoms with E-state index in [0.717, 1.165) is 24.4 Å². The van der Waals surface area contributed by atoms with Crippen LogP contribution in [0.15, 0.2) is 54.9 Å². The molecule has 2 atom stereocenters. The van der Waals surface area contributed by atoms with Crippen LogP contribution in [0.2, 0.25) is 0 Å². The summed E-state index contributed by atoms with van der Waals surface area (Å²) in [4.78, 5) is 44.4. The molecule has 1 fully saturated rings. The van der Waals surface area contributed by atoms with Crippen molar-refractivity contribution in [1.29, 1.82) is 0 Å². The van der Waals surface area contributed by atoms with Crippen LogP contribution in [0, 0.1) is 0 Å². The largest absolute Gasteiger partial charge is 0.395 e. The standard InChI is InChI=1S/C23H24N6O4S/c24-17-18(21(25)30)28-34-20(17)23(32)29(15-5-2-1-3-6-15)19(14-8-10-26-11-9-14)22(31)27-13-16-7-4-12-33-16/h1-3,5-6,8-11,16,19H,4,7,12-13,24H2,(H2,25,30)(H,27,31)/t16-,19-/m1/s1. The highest BCUT2D eigenvalue weighted by atomic mass is 32.1. The zero-order valence-electron chi connectivity index (χ0n) is 18.2. The van der Waals surface area contributed by atoms with Crippen molar-refractivity contribution in [3.8, 4) is 0 Å². The molecule has 2 aromatic heterocycles. The molecule has 3 amide bonds. The summed E-state index contributed by atoms with van der Waals surface area (Å²) < 4.78 is 9.56. The number of carbonyl (C=O) groups excluding carboxylic acids is 3. The maximum absolute atomic E-state index is 13.8. The summed E-state index contributed by atoms with van der Waals surface area (Å²) in [6, 6.07) is 11.0. The number of primary amides is 1. The number of hydrogen-bond acceptors (Lipinski definition) is 8. The van der Waals surface area contributed by atoms with Gasteiger partial charge in [0.25, 0.3) is 11.8 Å². The van der Waals surface area contributed by atoms with Crippen LogP contribution in [0.1, 0.15) is 44.6 Å². The van der Waals surface area contributed by atoms with Crippen LogP contribution in [-0.2, 0) is 9.53 Å². The van der Waals surface area contributed by atoms with Gasteiger partial charge in [0.1, 0.15) is 10.9 Å². The molecule has 176 valence electrons. The summed E-state index contributed by atoms with van der Waals surface area (Å²) in [6.45, 7) is 0.988. The first-order chi connectivity index (χ1) is 16.5. The van der Waals surface area contributed by atoms with Crippen LogP contribution in [0.3, 0.4) is 0 Å². The van der Waals surface area contributed by atoms with Gasteiger partial charge in [0.05, 0.1) is 11.8 Å². The topological polar surface area (TPSA) is 154 Å². The van der Waals surface area contributed by atoms with E-state index in [2.05, 4.69) is 14.7 Å². The molecule has 3 aromatic rings. The number of hydrogen-bond donors (Lipinski definition) is 3. The lowest BCUT2D eigenvalue weighted by atomic mass is 10.0. The number of nitrogen functional groups attached to an aromatic ring is 1. The van der Waals surface area contributed by atoms with E-state index in [4.69, 9.17) is 16.2 Å². The third-order valence-electron chi connectivity index (χ3n) is 5.47. The van der Waals surface area contributed by atoms with Crippen LogP contribution >= 0.6 is 11.5 Å². The molecular weight excluding hydrogens is 456 g/mol. The normalized spacial score (nSPS) is 16.1. The third kappa shape index (κ3) is 4.90. The van der Waals surface area contributed by atoms with Gasteiger partial charge in [0.15, 0.2) is 5.69 Å². The van der Waals surface area contributed by atoms with E-state index in [-0.39, 0.29) is 22.4 Å². The Bertz CT molecular complexity index is 1160. The molecule has 0 bridgehead atoms. The van der Waals surface area contributed by atoms with Crippen molar-refractivity contribution in [3.05, 3.63) is 71.0 Å². The molecule has 0 radical (unpaired) electrons. The van der Waals surface area contributed by atoms with E-state index >= 15 is 0 Å². The molecular formula is C23H24N6O4S. The Balaban J connectivity index is 1.76. The highest BCUT2D eigenvalue weighted by Gasteiger charge is 2.36.